The quantitative estimate of drug-likeness (QED) is 0.472. The van der Waals surface area contributed by atoms with Gasteiger partial charge in [-0.15, -0.1) is 0 Å². The number of nitrogens with zero attached hydrogens (tertiary/aromatic N) is 2. The van der Waals surface area contributed by atoms with Gasteiger partial charge >= 0.3 is 0 Å². The predicted octanol–water partition coefficient (Wildman–Crippen LogP) is 5.62. The van der Waals surface area contributed by atoms with Crippen LogP contribution in [-0.2, 0) is 6.42 Å². The summed E-state index contributed by atoms with van der Waals surface area (Å²) >= 11 is 5.99. The number of hydrogen-bond donors (Lipinski definition) is 1. The van der Waals surface area contributed by atoms with Gasteiger partial charge in [-0.1, -0.05) is 41.9 Å². The predicted molar refractivity (Wildman–Crippen MR) is 108 cm³/mol. The van der Waals surface area contributed by atoms with Crippen LogP contribution in [0, 0.1) is 11.3 Å². The molecule has 0 fully saturated rings. The van der Waals surface area contributed by atoms with Crippen molar-refractivity contribution < 1.29 is 4.74 Å². The van der Waals surface area contributed by atoms with E-state index in [4.69, 9.17) is 21.6 Å². The molecule has 0 aliphatic carbocycles. The summed E-state index contributed by atoms with van der Waals surface area (Å²) in [6.07, 6.45) is 2.12. The largest absolute Gasteiger partial charge is 0.496 e. The molecule has 0 saturated carbocycles. The number of aromatic nitrogens is 2. The van der Waals surface area contributed by atoms with Gasteiger partial charge in [0.05, 0.1) is 37.0 Å². The molecule has 0 radical (unpaired) electrons. The third-order valence-electron chi connectivity index (χ3n) is 4.51. The zero-order chi connectivity index (χ0) is 18.8. The molecule has 2 aromatic carbocycles. The molecule has 0 aliphatic heterocycles. The maximum Gasteiger partial charge on any atom is 0.129 e. The zero-order valence-electron chi connectivity index (χ0n) is 14.7. The molecule has 0 unspecified atom stereocenters. The summed E-state index contributed by atoms with van der Waals surface area (Å²) in [5, 5.41) is 10.4. The van der Waals surface area contributed by atoms with Crippen LogP contribution in [0.25, 0.3) is 33.3 Å². The Morgan fingerprint density at radius 2 is 1.96 bits per heavy atom. The Morgan fingerprint density at radius 1 is 1.11 bits per heavy atom. The molecule has 0 bridgehead atoms. The van der Waals surface area contributed by atoms with E-state index in [0.717, 1.165) is 44.6 Å². The lowest BCUT2D eigenvalue weighted by Crippen LogP contribution is -1.90. The van der Waals surface area contributed by atoms with Gasteiger partial charge in [0.15, 0.2) is 0 Å². The fourth-order valence-corrected chi connectivity index (χ4v) is 3.36. The normalized spacial score (nSPS) is 10.7. The number of nitriles is 1. The number of H-pyrrole nitrogens is 1. The van der Waals surface area contributed by atoms with Gasteiger partial charge in [-0.05, 0) is 41.0 Å². The van der Waals surface area contributed by atoms with Crippen molar-refractivity contribution in [3.05, 3.63) is 71.5 Å². The highest BCUT2D eigenvalue weighted by atomic mass is 35.5. The van der Waals surface area contributed by atoms with Crippen LogP contribution < -0.4 is 4.74 Å². The lowest BCUT2D eigenvalue weighted by atomic mass is 9.99. The van der Waals surface area contributed by atoms with E-state index in [0.29, 0.717) is 11.6 Å². The van der Waals surface area contributed by atoms with E-state index in [1.54, 1.807) is 13.3 Å². The van der Waals surface area contributed by atoms with Crippen molar-refractivity contribution in [1.82, 2.24) is 9.97 Å². The number of pyridine rings is 1. The van der Waals surface area contributed by atoms with Gasteiger partial charge in [0, 0.05) is 10.9 Å². The molecule has 0 aliphatic rings. The number of ether oxygens (including phenoxy) is 1. The van der Waals surface area contributed by atoms with Crippen LogP contribution in [0.2, 0.25) is 5.15 Å². The van der Waals surface area contributed by atoms with Crippen LogP contribution in [0.5, 0.6) is 5.75 Å². The summed E-state index contributed by atoms with van der Waals surface area (Å²) in [6, 6.07) is 20.2. The van der Waals surface area contributed by atoms with Crippen LogP contribution in [-0.4, -0.2) is 17.1 Å². The first-order valence-electron chi connectivity index (χ1n) is 8.47. The van der Waals surface area contributed by atoms with Gasteiger partial charge in [0.25, 0.3) is 0 Å². The first-order valence-corrected chi connectivity index (χ1v) is 8.84. The highest BCUT2D eigenvalue weighted by molar-refractivity contribution is 6.30. The van der Waals surface area contributed by atoms with E-state index in [1.165, 1.54) is 0 Å². The summed E-state index contributed by atoms with van der Waals surface area (Å²) in [6.45, 7) is 0. The third-order valence-corrected chi connectivity index (χ3v) is 4.71. The Labute approximate surface area is 162 Å². The van der Waals surface area contributed by atoms with Crippen LogP contribution in [0.4, 0.5) is 0 Å². The van der Waals surface area contributed by atoms with E-state index < -0.39 is 0 Å². The number of fused-ring (bicyclic) bond motifs is 1. The van der Waals surface area contributed by atoms with E-state index in [1.807, 2.05) is 48.5 Å². The highest BCUT2D eigenvalue weighted by Gasteiger charge is 2.11. The molecule has 2 aromatic heterocycles. The monoisotopic (exact) mass is 373 g/mol. The molecule has 0 amide bonds. The van der Waals surface area contributed by atoms with E-state index >= 15 is 0 Å². The van der Waals surface area contributed by atoms with Gasteiger partial charge in [0.1, 0.15) is 10.9 Å². The van der Waals surface area contributed by atoms with E-state index in [9.17, 15) is 0 Å². The maximum atomic E-state index is 8.92. The zero-order valence-corrected chi connectivity index (χ0v) is 15.4. The maximum absolute atomic E-state index is 8.92. The smallest absolute Gasteiger partial charge is 0.129 e. The molecule has 1 N–H and O–H groups in total. The number of nitrogens with one attached hydrogen (secondary N) is 1. The number of aromatic amines is 1. The van der Waals surface area contributed by atoms with Crippen LogP contribution >= 0.6 is 11.6 Å². The lowest BCUT2D eigenvalue weighted by Gasteiger charge is -2.10. The summed E-state index contributed by atoms with van der Waals surface area (Å²) in [5.74, 6) is 0.767. The summed E-state index contributed by atoms with van der Waals surface area (Å²) in [7, 11) is 1.66. The molecule has 5 heteroatoms. The van der Waals surface area contributed by atoms with Crippen LogP contribution in [0.3, 0.4) is 0 Å². The summed E-state index contributed by atoms with van der Waals surface area (Å²) in [4.78, 5) is 7.48. The van der Waals surface area contributed by atoms with Crippen molar-refractivity contribution in [2.75, 3.05) is 7.11 Å². The molecule has 0 spiro atoms. The minimum atomic E-state index is 0.398. The average Bonchev–Trinajstić information content (AvgIpc) is 3.11. The number of rotatable bonds is 4. The second-order valence-corrected chi connectivity index (χ2v) is 6.61. The van der Waals surface area contributed by atoms with E-state index in [-0.39, 0.29) is 0 Å². The Hall–Kier alpha value is -3.29. The Bertz CT molecular complexity index is 1170. The fraction of sp³-hybridized carbons (Fsp3) is 0.0909. The molecule has 0 saturated heterocycles. The first-order chi connectivity index (χ1) is 13.2. The summed E-state index contributed by atoms with van der Waals surface area (Å²) < 4.78 is 5.65. The second-order valence-electron chi connectivity index (χ2n) is 6.23. The topological polar surface area (TPSA) is 61.7 Å². The standard InChI is InChI=1S/C22H16ClN3O/c1-27-21-11-16(15-4-2-3-14(9-15)7-8-24)5-6-18(21)19-10-17-12-22(23)25-13-20(17)26-19/h2-6,9-13,26H,7H2,1H3. The van der Waals surface area contributed by atoms with Crippen molar-refractivity contribution in [2.45, 2.75) is 6.42 Å². The van der Waals surface area contributed by atoms with Crippen molar-refractivity contribution in [1.29, 1.82) is 5.26 Å². The minimum Gasteiger partial charge on any atom is -0.496 e. The fourth-order valence-electron chi connectivity index (χ4n) is 3.20. The van der Waals surface area contributed by atoms with Crippen molar-refractivity contribution in [3.8, 4) is 34.2 Å². The molecular weight excluding hydrogens is 358 g/mol. The molecule has 0 atom stereocenters. The molecule has 2 heterocycles. The number of hydrogen-bond acceptors (Lipinski definition) is 3. The number of methoxy groups -OCH3 is 1. The number of halogens is 1. The number of benzene rings is 2. The van der Waals surface area contributed by atoms with Gasteiger partial charge in [-0.25, -0.2) is 4.98 Å². The Kier molecular flexibility index (Phi) is 4.53. The Balaban J connectivity index is 1.77. The molecule has 132 valence electrons. The van der Waals surface area contributed by atoms with Gasteiger partial charge in [0.2, 0.25) is 0 Å². The van der Waals surface area contributed by atoms with Gasteiger partial charge in [-0.3, -0.25) is 0 Å². The van der Waals surface area contributed by atoms with Crippen molar-refractivity contribution in [3.63, 3.8) is 0 Å². The average molecular weight is 374 g/mol. The first kappa shape index (κ1) is 17.1. The summed E-state index contributed by atoms with van der Waals surface area (Å²) in [5.41, 5.74) is 5.91. The molecular formula is C22H16ClN3O. The molecule has 4 rings (SSSR count). The molecule has 4 aromatic rings. The molecule has 4 nitrogen and oxygen atoms in total. The molecule has 27 heavy (non-hydrogen) atoms. The minimum absolute atomic E-state index is 0.398. The second kappa shape index (κ2) is 7.14. The van der Waals surface area contributed by atoms with Gasteiger partial charge < -0.3 is 9.72 Å². The lowest BCUT2D eigenvalue weighted by molar-refractivity contribution is 0.416. The highest BCUT2D eigenvalue weighted by Crippen LogP contribution is 2.35. The SMILES string of the molecule is COc1cc(-c2cccc(CC#N)c2)ccc1-c1cc2cc(Cl)ncc2[nH]1. The van der Waals surface area contributed by atoms with Gasteiger partial charge in [-0.2, -0.15) is 5.26 Å². The van der Waals surface area contributed by atoms with Crippen molar-refractivity contribution >= 4 is 22.5 Å². The Morgan fingerprint density at radius 3 is 2.78 bits per heavy atom. The third kappa shape index (κ3) is 3.38. The van der Waals surface area contributed by atoms with Crippen LogP contribution in [0.1, 0.15) is 5.56 Å². The van der Waals surface area contributed by atoms with E-state index in [2.05, 4.69) is 22.1 Å². The van der Waals surface area contributed by atoms with Crippen molar-refractivity contribution in [2.24, 2.45) is 0 Å². The van der Waals surface area contributed by atoms with Crippen LogP contribution in [0.15, 0.2) is 60.8 Å².